The number of halogens is 2. The van der Waals surface area contributed by atoms with Crippen molar-refractivity contribution >= 4 is 45.6 Å². The van der Waals surface area contributed by atoms with Crippen LogP contribution in [0.5, 0.6) is 0 Å². The fourth-order valence-electron chi connectivity index (χ4n) is 2.36. The molecular formula is C18H23Cl2N3O3S. The van der Waals surface area contributed by atoms with E-state index in [0.29, 0.717) is 11.6 Å². The van der Waals surface area contributed by atoms with Gasteiger partial charge in [0.25, 0.3) is 15.9 Å². The van der Waals surface area contributed by atoms with Crippen LogP contribution in [0.2, 0.25) is 5.02 Å². The van der Waals surface area contributed by atoms with E-state index in [1.807, 2.05) is 13.8 Å². The molecular weight excluding hydrogens is 409 g/mol. The topological polar surface area (TPSA) is 87.3 Å². The van der Waals surface area contributed by atoms with Gasteiger partial charge in [-0.1, -0.05) is 36.7 Å². The minimum Gasteiger partial charge on any atom is -0.350 e. The number of amides is 1. The monoisotopic (exact) mass is 431 g/mol. The van der Waals surface area contributed by atoms with Crippen LogP contribution in [0.1, 0.15) is 24.2 Å². The van der Waals surface area contributed by atoms with Gasteiger partial charge in [-0.2, -0.15) is 0 Å². The molecule has 3 N–H and O–H groups in total. The molecule has 0 heterocycles. The van der Waals surface area contributed by atoms with Crippen molar-refractivity contribution in [3.63, 3.8) is 0 Å². The van der Waals surface area contributed by atoms with Gasteiger partial charge < -0.3 is 10.6 Å². The number of hydrogen-bond donors (Lipinski definition) is 3. The van der Waals surface area contributed by atoms with Gasteiger partial charge in [0.1, 0.15) is 0 Å². The fourth-order valence-corrected chi connectivity index (χ4v) is 3.63. The number of benzene rings is 2. The summed E-state index contributed by atoms with van der Waals surface area (Å²) in [4.78, 5) is 12.6. The average Bonchev–Trinajstić information content (AvgIpc) is 2.60. The molecule has 2 aromatic rings. The predicted molar refractivity (Wildman–Crippen MR) is 111 cm³/mol. The maximum absolute atomic E-state index is 12.5. The van der Waals surface area contributed by atoms with Crippen LogP contribution in [0.25, 0.3) is 0 Å². The second-order valence-corrected chi connectivity index (χ2v) is 7.90. The van der Waals surface area contributed by atoms with E-state index in [2.05, 4.69) is 15.4 Å². The Labute approximate surface area is 171 Å². The summed E-state index contributed by atoms with van der Waals surface area (Å²) in [5.74, 6) is -0.378. The Morgan fingerprint density at radius 2 is 1.81 bits per heavy atom. The third-order valence-electron chi connectivity index (χ3n) is 3.65. The summed E-state index contributed by atoms with van der Waals surface area (Å²) < 4.78 is 27.5. The first-order chi connectivity index (χ1) is 12.3. The Bertz CT molecular complexity index is 861. The predicted octanol–water partition coefficient (Wildman–Crippen LogP) is 3.29. The number of carbonyl (C=O) groups is 1. The molecule has 27 heavy (non-hydrogen) atoms. The van der Waals surface area contributed by atoms with Crippen molar-refractivity contribution in [3.8, 4) is 0 Å². The first-order valence-electron chi connectivity index (χ1n) is 8.22. The van der Waals surface area contributed by atoms with Gasteiger partial charge in [0.15, 0.2) is 0 Å². The summed E-state index contributed by atoms with van der Waals surface area (Å²) in [6.45, 7) is 5.14. The zero-order valence-corrected chi connectivity index (χ0v) is 17.4. The highest BCUT2D eigenvalue weighted by Crippen LogP contribution is 2.24. The summed E-state index contributed by atoms with van der Waals surface area (Å²) in [5.41, 5.74) is 0.340. The molecule has 1 amide bonds. The molecule has 9 heteroatoms. The average molecular weight is 432 g/mol. The minimum absolute atomic E-state index is 0. The van der Waals surface area contributed by atoms with Crippen molar-refractivity contribution in [1.29, 1.82) is 0 Å². The van der Waals surface area contributed by atoms with Gasteiger partial charge in [0, 0.05) is 17.6 Å². The van der Waals surface area contributed by atoms with E-state index in [4.69, 9.17) is 11.6 Å². The van der Waals surface area contributed by atoms with Crippen LogP contribution in [-0.2, 0) is 10.0 Å². The lowest BCUT2D eigenvalue weighted by molar-refractivity contribution is 0.0951. The summed E-state index contributed by atoms with van der Waals surface area (Å²) >= 11 is 5.99. The molecule has 2 rings (SSSR count). The highest BCUT2D eigenvalue weighted by Gasteiger charge is 2.19. The molecule has 148 valence electrons. The first-order valence-corrected chi connectivity index (χ1v) is 10.1. The molecule has 0 spiro atoms. The normalized spacial score (nSPS) is 12.0. The molecule has 0 aromatic heterocycles. The van der Waals surface area contributed by atoms with Gasteiger partial charge in [0.05, 0.1) is 16.1 Å². The van der Waals surface area contributed by atoms with Crippen molar-refractivity contribution in [3.05, 3.63) is 59.1 Å². The Hall–Kier alpha value is -1.80. The third-order valence-corrected chi connectivity index (χ3v) is 5.26. The largest absolute Gasteiger partial charge is 0.350 e. The van der Waals surface area contributed by atoms with Crippen LogP contribution in [0.3, 0.4) is 0 Å². The Morgan fingerprint density at radius 1 is 1.15 bits per heavy atom. The second kappa shape index (κ2) is 10.5. The second-order valence-electron chi connectivity index (χ2n) is 5.78. The molecule has 0 saturated carbocycles. The third kappa shape index (κ3) is 6.70. The molecule has 1 atom stereocenters. The van der Waals surface area contributed by atoms with E-state index in [9.17, 15) is 13.2 Å². The Morgan fingerprint density at radius 3 is 2.44 bits per heavy atom. The number of hydrogen-bond acceptors (Lipinski definition) is 4. The standard InChI is InChI=1S/C18H22ClN3O3S.ClH/c1-3-20-13(2)12-21-18(23)16-10-9-14(19)11-17(16)22-26(24,25)15-7-5-4-6-8-15;/h4-11,13,20,22H,3,12H2,1-2H3,(H,21,23);1H/t13-;/m1./s1. The van der Waals surface area contributed by atoms with Crippen molar-refractivity contribution in [2.75, 3.05) is 17.8 Å². The van der Waals surface area contributed by atoms with Gasteiger partial charge in [-0.05, 0) is 43.8 Å². The fraction of sp³-hybridized carbons (Fsp3) is 0.278. The lowest BCUT2D eigenvalue weighted by Crippen LogP contribution is -2.39. The van der Waals surface area contributed by atoms with Crippen LogP contribution in [0, 0.1) is 0 Å². The van der Waals surface area contributed by atoms with E-state index < -0.39 is 10.0 Å². The lowest BCUT2D eigenvalue weighted by atomic mass is 10.1. The number of nitrogens with one attached hydrogen (secondary N) is 3. The SMILES string of the molecule is CCN[C@H](C)CNC(=O)c1ccc(Cl)cc1NS(=O)(=O)c1ccccc1.Cl. The number of rotatable bonds is 8. The highest BCUT2D eigenvalue weighted by atomic mass is 35.5. The summed E-state index contributed by atoms with van der Waals surface area (Å²) in [6.07, 6.45) is 0. The maximum Gasteiger partial charge on any atom is 0.261 e. The quantitative estimate of drug-likeness (QED) is 0.598. The molecule has 0 aliphatic rings. The number of carbonyl (C=O) groups excluding carboxylic acids is 1. The molecule has 6 nitrogen and oxygen atoms in total. The molecule has 0 unspecified atom stereocenters. The van der Waals surface area contributed by atoms with E-state index in [-0.39, 0.29) is 40.5 Å². The molecule has 0 aliphatic carbocycles. The molecule has 0 fully saturated rings. The highest BCUT2D eigenvalue weighted by molar-refractivity contribution is 7.92. The van der Waals surface area contributed by atoms with E-state index in [1.54, 1.807) is 24.3 Å². The zero-order chi connectivity index (χ0) is 19.2. The summed E-state index contributed by atoms with van der Waals surface area (Å²) in [6, 6.07) is 12.5. The van der Waals surface area contributed by atoms with Gasteiger partial charge in [-0.3, -0.25) is 9.52 Å². The molecule has 0 radical (unpaired) electrons. The van der Waals surface area contributed by atoms with E-state index in [1.165, 1.54) is 24.3 Å². The van der Waals surface area contributed by atoms with Gasteiger partial charge in [-0.25, -0.2) is 8.42 Å². The number of sulfonamides is 1. The Kier molecular flexibility index (Phi) is 9.05. The van der Waals surface area contributed by atoms with Crippen molar-refractivity contribution in [2.24, 2.45) is 0 Å². The van der Waals surface area contributed by atoms with Crippen molar-refractivity contribution < 1.29 is 13.2 Å². The van der Waals surface area contributed by atoms with Crippen molar-refractivity contribution in [2.45, 2.75) is 24.8 Å². The van der Waals surface area contributed by atoms with Crippen LogP contribution in [-0.4, -0.2) is 33.5 Å². The minimum atomic E-state index is -3.83. The van der Waals surface area contributed by atoms with E-state index >= 15 is 0 Å². The molecule has 0 bridgehead atoms. The van der Waals surface area contributed by atoms with Gasteiger partial charge in [0.2, 0.25) is 0 Å². The van der Waals surface area contributed by atoms with Crippen LogP contribution < -0.4 is 15.4 Å². The summed E-state index contributed by atoms with van der Waals surface area (Å²) in [5, 5.41) is 6.31. The smallest absolute Gasteiger partial charge is 0.261 e. The lowest BCUT2D eigenvalue weighted by Gasteiger charge is -2.16. The first kappa shape index (κ1) is 23.2. The van der Waals surface area contributed by atoms with Crippen LogP contribution in [0.4, 0.5) is 5.69 Å². The molecule has 0 saturated heterocycles. The van der Waals surface area contributed by atoms with Gasteiger partial charge in [-0.15, -0.1) is 12.4 Å². The van der Waals surface area contributed by atoms with E-state index in [0.717, 1.165) is 6.54 Å². The molecule has 2 aromatic carbocycles. The zero-order valence-electron chi connectivity index (χ0n) is 15.0. The summed E-state index contributed by atoms with van der Waals surface area (Å²) in [7, 11) is -3.83. The molecule has 0 aliphatic heterocycles. The Balaban J connectivity index is 0.00000364. The van der Waals surface area contributed by atoms with Crippen molar-refractivity contribution in [1.82, 2.24) is 10.6 Å². The van der Waals surface area contributed by atoms with Crippen LogP contribution in [0.15, 0.2) is 53.4 Å². The van der Waals surface area contributed by atoms with Gasteiger partial charge >= 0.3 is 0 Å². The maximum atomic E-state index is 12.5. The van der Waals surface area contributed by atoms with Crippen LogP contribution >= 0.6 is 24.0 Å². The number of anilines is 1. The number of likely N-dealkylation sites (N-methyl/N-ethyl adjacent to an activating group) is 1.